The van der Waals surface area contributed by atoms with Crippen molar-refractivity contribution in [3.8, 4) is 0 Å². The van der Waals surface area contributed by atoms with E-state index < -0.39 is 5.97 Å². The van der Waals surface area contributed by atoms with Crippen LogP contribution in [-0.2, 0) is 0 Å². The van der Waals surface area contributed by atoms with Gasteiger partial charge < -0.3 is 15.7 Å². The number of para-hydroxylation sites is 1. The Labute approximate surface area is 145 Å². The minimum Gasteiger partial charge on any atom is -0.478 e. The Balaban J connectivity index is 1.78. The Bertz CT molecular complexity index is 887. The van der Waals surface area contributed by atoms with Crippen LogP contribution in [0.3, 0.4) is 0 Å². The first-order chi connectivity index (χ1) is 12.0. The number of nitrogens with one attached hydrogen (secondary N) is 2. The lowest BCUT2D eigenvalue weighted by Crippen LogP contribution is -2.01. The van der Waals surface area contributed by atoms with Crippen molar-refractivity contribution in [3.63, 3.8) is 0 Å². The van der Waals surface area contributed by atoms with Gasteiger partial charge in [-0.25, -0.2) is 14.8 Å². The molecule has 0 saturated heterocycles. The van der Waals surface area contributed by atoms with Gasteiger partial charge in [0.2, 0.25) is 0 Å². The number of aryl methyl sites for hydroxylation is 2. The van der Waals surface area contributed by atoms with E-state index >= 15 is 0 Å². The molecule has 0 aliphatic heterocycles. The minimum absolute atomic E-state index is 0.241. The molecule has 0 atom stereocenters. The number of hydrogen-bond donors (Lipinski definition) is 3. The molecule has 0 aliphatic carbocycles. The van der Waals surface area contributed by atoms with Crippen LogP contribution in [-0.4, -0.2) is 21.0 Å². The number of aromatic carboxylic acids is 1. The van der Waals surface area contributed by atoms with E-state index in [1.807, 2.05) is 32.0 Å². The fourth-order valence-electron chi connectivity index (χ4n) is 2.48. The van der Waals surface area contributed by atoms with Crippen LogP contribution in [0.1, 0.15) is 21.5 Å². The largest absolute Gasteiger partial charge is 0.478 e. The minimum atomic E-state index is -0.950. The fourth-order valence-corrected chi connectivity index (χ4v) is 2.48. The Hall–Kier alpha value is -3.41. The molecule has 25 heavy (non-hydrogen) atoms. The summed E-state index contributed by atoms with van der Waals surface area (Å²) in [5.74, 6) is 0.345. The van der Waals surface area contributed by atoms with Crippen molar-refractivity contribution < 1.29 is 9.90 Å². The molecule has 3 rings (SSSR count). The Morgan fingerprint density at radius 1 is 0.920 bits per heavy atom. The predicted octanol–water partition coefficient (Wildman–Crippen LogP) is 4.28. The highest BCUT2D eigenvalue weighted by Gasteiger charge is 2.06. The molecule has 0 saturated carbocycles. The van der Waals surface area contributed by atoms with Crippen LogP contribution in [0.15, 0.2) is 54.9 Å². The van der Waals surface area contributed by atoms with Gasteiger partial charge in [-0.05, 0) is 49.2 Å². The average Bonchev–Trinajstić information content (AvgIpc) is 2.59. The number of carboxylic acids is 1. The predicted molar refractivity (Wildman–Crippen MR) is 97.9 cm³/mol. The molecule has 0 aliphatic rings. The fraction of sp³-hybridized carbons (Fsp3) is 0.105. The molecule has 0 fully saturated rings. The molecule has 0 unspecified atom stereocenters. The second kappa shape index (κ2) is 7.00. The Morgan fingerprint density at radius 3 is 2.12 bits per heavy atom. The highest BCUT2D eigenvalue weighted by molar-refractivity contribution is 5.88. The van der Waals surface area contributed by atoms with Crippen LogP contribution in [0.5, 0.6) is 0 Å². The lowest BCUT2D eigenvalue weighted by Gasteiger charge is -2.13. The average molecular weight is 334 g/mol. The van der Waals surface area contributed by atoms with Crippen LogP contribution >= 0.6 is 0 Å². The van der Waals surface area contributed by atoms with E-state index in [9.17, 15) is 4.79 Å². The summed E-state index contributed by atoms with van der Waals surface area (Å²) in [6, 6.07) is 14.4. The van der Waals surface area contributed by atoms with Gasteiger partial charge >= 0.3 is 5.97 Å². The highest BCUT2D eigenvalue weighted by atomic mass is 16.4. The number of aromatic nitrogens is 2. The van der Waals surface area contributed by atoms with Crippen molar-refractivity contribution >= 4 is 29.0 Å². The molecule has 3 N–H and O–H groups in total. The summed E-state index contributed by atoms with van der Waals surface area (Å²) in [6.45, 7) is 4.08. The number of anilines is 4. The van der Waals surface area contributed by atoms with Crippen molar-refractivity contribution in [2.24, 2.45) is 0 Å². The van der Waals surface area contributed by atoms with Gasteiger partial charge in [-0.2, -0.15) is 0 Å². The van der Waals surface area contributed by atoms with Crippen LogP contribution in [0.4, 0.5) is 23.0 Å². The molecular weight excluding hydrogens is 316 g/mol. The van der Waals surface area contributed by atoms with Crippen molar-refractivity contribution in [2.75, 3.05) is 10.6 Å². The van der Waals surface area contributed by atoms with E-state index in [-0.39, 0.29) is 5.56 Å². The molecule has 3 aromatic rings. The SMILES string of the molecule is Cc1cccc(C)c1Nc1cc(Nc2ccc(C(=O)O)cc2)ncn1. The van der Waals surface area contributed by atoms with Crippen molar-refractivity contribution in [2.45, 2.75) is 13.8 Å². The van der Waals surface area contributed by atoms with Crippen LogP contribution in [0, 0.1) is 13.8 Å². The zero-order valence-electron chi connectivity index (χ0n) is 13.9. The summed E-state index contributed by atoms with van der Waals surface area (Å²) >= 11 is 0. The number of carboxylic acid groups (broad SMARTS) is 1. The van der Waals surface area contributed by atoms with E-state index in [1.165, 1.54) is 6.33 Å². The zero-order chi connectivity index (χ0) is 17.8. The molecule has 0 amide bonds. The third-order valence-corrected chi connectivity index (χ3v) is 3.81. The number of rotatable bonds is 5. The van der Waals surface area contributed by atoms with E-state index in [0.717, 1.165) is 22.5 Å². The molecule has 1 aromatic heterocycles. The summed E-state index contributed by atoms with van der Waals surface area (Å²) < 4.78 is 0. The smallest absolute Gasteiger partial charge is 0.335 e. The van der Waals surface area contributed by atoms with Gasteiger partial charge in [0.05, 0.1) is 5.56 Å². The molecular formula is C19H18N4O2. The molecule has 0 bridgehead atoms. The zero-order valence-corrected chi connectivity index (χ0v) is 13.9. The molecule has 6 nitrogen and oxygen atoms in total. The maximum atomic E-state index is 10.9. The summed E-state index contributed by atoms with van der Waals surface area (Å²) in [5.41, 5.74) is 4.29. The molecule has 0 spiro atoms. The van der Waals surface area contributed by atoms with E-state index in [4.69, 9.17) is 5.11 Å². The number of hydrogen-bond acceptors (Lipinski definition) is 5. The summed E-state index contributed by atoms with van der Waals surface area (Å²) in [5, 5.41) is 15.4. The van der Waals surface area contributed by atoms with Gasteiger partial charge in [0.15, 0.2) is 0 Å². The number of carbonyl (C=O) groups is 1. The van der Waals surface area contributed by atoms with Gasteiger partial charge in [0.1, 0.15) is 18.0 Å². The van der Waals surface area contributed by atoms with Crippen molar-refractivity contribution in [1.82, 2.24) is 9.97 Å². The summed E-state index contributed by atoms with van der Waals surface area (Å²) in [7, 11) is 0. The van der Waals surface area contributed by atoms with Crippen molar-refractivity contribution in [1.29, 1.82) is 0 Å². The number of benzene rings is 2. The topological polar surface area (TPSA) is 87.1 Å². The summed E-state index contributed by atoms with van der Waals surface area (Å²) in [4.78, 5) is 19.4. The first-order valence-electron chi connectivity index (χ1n) is 7.78. The van der Waals surface area contributed by atoms with E-state index in [0.29, 0.717) is 11.6 Å². The van der Waals surface area contributed by atoms with Crippen molar-refractivity contribution in [3.05, 3.63) is 71.5 Å². The van der Waals surface area contributed by atoms with Gasteiger partial charge in [0, 0.05) is 17.4 Å². The highest BCUT2D eigenvalue weighted by Crippen LogP contribution is 2.24. The normalized spacial score (nSPS) is 10.3. The third-order valence-electron chi connectivity index (χ3n) is 3.81. The molecule has 0 radical (unpaired) electrons. The van der Waals surface area contributed by atoms with E-state index in [1.54, 1.807) is 30.3 Å². The Morgan fingerprint density at radius 2 is 1.52 bits per heavy atom. The molecule has 1 heterocycles. The molecule has 126 valence electrons. The maximum Gasteiger partial charge on any atom is 0.335 e. The lowest BCUT2D eigenvalue weighted by atomic mass is 10.1. The van der Waals surface area contributed by atoms with Crippen LogP contribution in [0.2, 0.25) is 0 Å². The van der Waals surface area contributed by atoms with Gasteiger partial charge in [-0.3, -0.25) is 0 Å². The standard InChI is InChI=1S/C19H18N4O2/c1-12-4-3-5-13(2)18(12)23-17-10-16(20-11-21-17)22-15-8-6-14(7-9-15)19(24)25/h3-11H,1-2H3,(H,24,25)(H2,20,21,22,23). The quantitative estimate of drug-likeness (QED) is 0.645. The van der Waals surface area contributed by atoms with Crippen LogP contribution in [0.25, 0.3) is 0 Å². The van der Waals surface area contributed by atoms with Crippen LogP contribution < -0.4 is 10.6 Å². The van der Waals surface area contributed by atoms with Gasteiger partial charge in [-0.15, -0.1) is 0 Å². The first kappa shape index (κ1) is 16.4. The third kappa shape index (κ3) is 3.92. The summed E-state index contributed by atoms with van der Waals surface area (Å²) in [6.07, 6.45) is 1.48. The van der Waals surface area contributed by atoms with Gasteiger partial charge in [0.25, 0.3) is 0 Å². The monoisotopic (exact) mass is 334 g/mol. The van der Waals surface area contributed by atoms with Gasteiger partial charge in [-0.1, -0.05) is 18.2 Å². The second-order valence-electron chi connectivity index (χ2n) is 5.69. The number of nitrogens with zero attached hydrogens (tertiary/aromatic N) is 2. The Kier molecular flexibility index (Phi) is 4.61. The second-order valence-corrected chi connectivity index (χ2v) is 5.69. The molecule has 6 heteroatoms. The first-order valence-corrected chi connectivity index (χ1v) is 7.78. The molecule has 2 aromatic carbocycles. The lowest BCUT2D eigenvalue weighted by molar-refractivity contribution is 0.0697. The maximum absolute atomic E-state index is 10.9. The van der Waals surface area contributed by atoms with E-state index in [2.05, 4.69) is 20.6 Å².